The first-order valence-electron chi connectivity index (χ1n) is 14.1. The maximum absolute atomic E-state index is 13.7. The van der Waals surface area contributed by atoms with E-state index >= 15 is 0 Å². The minimum absolute atomic E-state index is 0.0934. The Morgan fingerprint density at radius 2 is 1.87 bits per heavy atom. The number of nitrogens with zero attached hydrogens (tertiary/aromatic N) is 3. The van der Waals surface area contributed by atoms with E-state index in [0.29, 0.717) is 17.9 Å². The quantitative estimate of drug-likeness (QED) is 0.536. The van der Waals surface area contributed by atoms with Crippen LogP contribution in [0.2, 0.25) is 0 Å². The van der Waals surface area contributed by atoms with Crippen LogP contribution in [0.3, 0.4) is 0 Å². The second-order valence-corrected chi connectivity index (χ2v) is 11.1. The Kier molecular flexibility index (Phi) is 8.79. The summed E-state index contributed by atoms with van der Waals surface area (Å²) in [6.07, 6.45) is 8.23. The molecule has 2 unspecified atom stereocenters. The van der Waals surface area contributed by atoms with Crippen molar-refractivity contribution in [3.63, 3.8) is 0 Å². The Labute approximate surface area is 222 Å². The summed E-state index contributed by atoms with van der Waals surface area (Å²) in [6, 6.07) is 4.50. The Bertz CT molecular complexity index is 1090. The second-order valence-electron chi connectivity index (χ2n) is 11.1. The van der Waals surface area contributed by atoms with E-state index < -0.39 is 0 Å². The van der Waals surface area contributed by atoms with Gasteiger partial charge >= 0.3 is 5.97 Å². The molecule has 2 saturated carbocycles. The molecule has 1 amide bonds. The molecule has 9 nitrogen and oxygen atoms in total. The highest BCUT2D eigenvalue weighted by molar-refractivity contribution is 5.88. The van der Waals surface area contributed by atoms with Crippen LogP contribution in [0.25, 0.3) is 11.0 Å². The summed E-state index contributed by atoms with van der Waals surface area (Å²) in [4.78, 5) is 34.8. The third-order valence-corrected chi connectivity index (χ3v) is 8.70. The zero-order valence-corrected chi connectivity index (χ0v) is 22.2. The molecule has 5 rings (SSSR count). The lowest BCUT2D eigenvalue weighted by Crippen LogP contribution is -2.47. The molecule has 2 atom stereocenters. The first-order chi connectivity index (χ1) is 18.5. The van der Waals surface area contributed by atoms with Gasteiger partial charge in [0.1, 0.15) is 5.82 Å². The lowest BCUT2D eigenvalue weighted by Gasteiger charge is -2.36. The molecule has 1 aromatic carbocycles. The van der Waals surface area contributed by atoms with Gasteiger partial charge in [-0.15, -0.1) is 0 Å². The van der Waals surface area contributed by atoms with Crippen molar-refractivity contribution in [2.75, 3.05) is 44.7 Å². The summed E-state index contributed by atoms with van der Waals surface area (Å²) in [7, 11) is 1.67. The third-order valence-electron chi connectivity index (χ3n) is 8.70. The lowest BCUT2D eigenvalue weighted by molar-refractivity contribution is -0.166. The summed E-state index contributed by atoms with van der Waals surface area (Å²) >= 11 is 0. The molecule has 2 aromatic rings. The number of nitrogens with one attached hydrogen (secondary N) is 1. The fourth-order valence-corrected chi connectivity index (χ4v) is 6.23. The molecule has 0 bridgehead atoms. The van der Waals surface area contributed by atoms with Crippen molar-refractivity contribution in [1.82, 2.24) is 15.5 Å². The van der Waals surface area contributed by atoms with Crippen LogP contribution in [0.4, 0.5) is 10.2 Å². The highest BCUT2D eigenvalue weighted by atomic mass is 19.1. The largest absolute Gasteiger partial charge is 0.381 e. The minimum Gasteiger partial charge on any atom is -0.381 e. The standard InChI is InChI=1S/C28H39FN4O5/c1-36-23-4-2-3-21(17-23)28(35)38-31-27(34)20-7-5-19(6-8-20)11-12-32-13-15-33(16-14-32)26-24-18-22(29)9-10-25(24)37-30-26/h9-10,18-21,23H,2-8,11-17H2,1H3,(H,31,34). The van der Waals surface area contributed by atoms with Gasteiger partial charge in [0.15, 0.2) is 11.4 Å². The number of carbonyl (C=O) groups is 2. The van der Waals surface area contributed by atoms with Gasteiger partial charge in [-0.3, -0.25) is 9.69 Å². The lowest BCUT2D eigenvalue weighted by atomic mass is 9.80. The number of ether oxygens (including phenoxy) is 1. The number of hydrogen-bond acceptors (Lipinski definition) is 8. The topological polar surface area (TPSA) is 97.1 Å². The number of fused-ring (bicyclic) bond motifs is 1. The van der Waals surface area contributed by atoms with E-state index in [9.17, 15) is 14.0 Å². The van der Waals surface area contributed by atoms with E-state index in [4.69, 9.17) is 14.1 Å². The van der Waals surface area contributed by atoms with Crippen LogP contribution in [-0.4, -0.2) is 67.9 Å². The van der Waals surface area contributed by atoms with Crippen LogP contribution >= 0.6 is 0 Å². The summed E-state index contributed by atoms with van der Waals surface area (Å²) in [5.74, 6) is 0.223. The number of hydroxylamine groups is 1. The second kappa shape index (κ2) is 12.4. The van der Waals surface area contributed by atoms with E-state index in [-0.39, 0.29) is 35.6 Å². The molecule has 2 heterocycles. The molecule has 38 heavy (non-hydrogen) atoms. The monoisotopic (exact) mass is 530 g/mol. The Morgan fingerprint density at radius 1 is 1.08 bits per heavy atom. The smallest absolute Gasteiger partial charge is 0.335 e. The molecule has 1 aliphatic heterocycles. The Balaban J connectivity index is 0.983. The van der Waals surface area contributed by atoms with E-state index in [1.165, 1.54) is 12.1 Å². The molecule has 0 spiro atoms. The molecule has 1 aromatic heterocycles. The van der Waals surface area contributed by atoms with Gasteiger partial charge in [0.2, 0.25) is 0 Å². The van der Waals surface area contributed by atoms with Gasteiger partial charge in [-0.05, 0) is 82.0 Å². The molecule has 10 heteroatoms. The van der Waals surface area contributed by atoms with Crippen molar-refractivity contribution < 1.29 is 28.1 Å². The number of rotatable bonds is 7. The predicted octanol–water partition coefficient (Wildman–Crippen LogP) is 4.07. The summed E-state index contributed by atoms with van der Waals surface area (Å²) in [5, 5.41) is 4.90. The van der Waals surface area contributed by atoms with Gasteiger partial charge in [-0.1, -0.05) is 11.6 Å². The zero-order chi connectivity index (χ0) is 26.5. The molecule has 2 aliphatic carbocycles. The van der Waals surface area contributed by atoms with E-state index in [1.54, 1.807) is 13.2 Å². The fraction of sp³-hybridized carbons (Fsp3) is 0.679. The number of anilines is 1. The highest BCUT2D eigenvalue weighted by Gasteiger charge is 2.31. The fourth-order valence-electron chi connectivity index (χ4n) is 6.23. The number of aromatic nitrogens is 1. The van der Waals surface area contributed by atoms with Gasteiger partial charge in [-0.2, -0.15) is 5.48 Å². The van der Waals surface area contributed by atoms with E-state index in [1.807, 2.05) is 0 Å². The Hall–Kier alpha value is -2.72. The van der Waals surface area contributed by atoms with Crippen LogP contribution in [-0.2, 0) is 19.2 Å². The number of methoxy groups -OCH3 is 1. The molecule has 0 radical (unpaired) electrons. The van der Waals surface area contributed by atoms with Crippen molar-refractivity contribution in [3.05, 3.63) is 24.0 Å². The first kappa shape index (κ1) is 26.9. The maximum atomic E-state index is 13.7. The average Bonchev–Trinajstić information content (AvgIpc) is 3.38. The number of piperazine rings is 1. The minimum atomic E-state index is -0.349. The predicted molar refractivity (Wildman–Crippen MR) is 140 cm³/mol. The van der Waals surface area contributed by atoms with Gasteiger partial charge in [0.25, 0.3) is 5.91 Å². The first-order valence-corrected chi connectivity index (χ1v) is 14.1. The normalized spacial score (nSPS) is 26.8. The number of benzene rings is 1. The molecule has 1 N–H and O–H groups in total. The molecular formula is C28H39FN4O5. The van der Waals surface area contributed by atoms with Crippen LogP contribution in [0.15, 0.2) is 22.7 Å². The molecule has 1 saturated heterocycles. The molecule has 3 fully saturated rings. The van der Waals surface area contributed by atoms with E-state index in [0.717, 1.165) is 95.3 Å². The maximum Gasteiger partial charge on any atom is 0.335 e. The van der Waals surface area contributed by atoms with Crippen LogP contribution in [0, 0.1) is 23.6 Å². The van der Waals surface area contributed by atoms with Gasteiger partial charge in [0, 0.05) is 39.2 Å². The van der Waals surface area contributed by atoms with Gasteiger partial charge < -0.3 is 19.0 Å². The van der Waals surface area contributed by atoms with Crippen LogP contribution < -0.4 is 10.4 Å². The number of hydrogen-bond donors (Lipinski definition) is 1. The SMILES string of the molecule is COC1CCCC(C(=O)ONC(=O)C2CCC(CCN3CCN(c4noc5ccc(F)cc45)CC3)CC2)C1. The van der Waals surface area contributed by atoms with Crippen molar-refractivity contribution in [3.8, 4) is 0 Å². The van der Waals surface area contributed by atoms with Crippen molar-refractivity contribution in [2.45, 2.75) is 63.9 Å². The summed E-state index contributed by atoms with van der Waals surface area (Å²) < 4.78 is 24.4. The number of carbonyl (C=O) groups excluding carboxylic acids is 2. The molecule has 208 valence electrons. The van der Waals surface area contributed by atoms with Gasteiger partial charge in [0.05, 0.1) is 17.4 Å². The zero-order valence-electron chi connectivity index (χ0n) is 22.2. The van der Waals surface area contributed by atoms with E-state index in [2.05, 4.69) is 20.4 Å². The molecule has 3 aliphatic rings. The van der Waals surface area contributed by atoms with Gasteiger partial charge in [-0.25, -0.2) is 9.18 Å². The third kappa shape index (κ3) is 6.46. The Morgan fingerprint density at radius 3 is 2.63 bits per heavy atom. The van der Waals surface area contributed by atoms with Crippen molar-refractivity contribution >= 4 is 28.7 Å². The molecular weight excluding hydrogens is 491 g/mol. The highest BCUT2D eigenvalue weighted by Crippen LogP contribution is 2.32. The summed E-state index contributed by atoms with van der Waals surface area (Å²) in [6.45, 7) is 4.55. The average molecular weight is 531 g/mol. The van der Waals surface area contributed by atoms with Crippen LogP contribution in [0.1, 0.15) is 57.8 Å². The number of amides is 1. The number of halogens is 1. The van der Waals surface area contributed by atoms with Crippen molar-refractivity contribution in [2.24, 2.45) is 17.8 Å². The van der Waals surface area contributed by atoms with Crippen molar-refractivity contribution in [1.29, 1.82) is 0 Å². The van der Waals surface area contributed by atoms with Crippen LogP contribution in [0.5, 0.6) is 0 Å². The summed E-state index contributed by atoms with van der Waals surface area (Å²) in [5.41, 5.74) is 3.04.